The van der Waals surface area contributed by atoms with Crippen molar-refractivity contribution in [3.05, 3.63) is 89.7 Å². The Balaban J connectivity index is 1.20. The molecule has 3 aromatic carbocycles. The molecule has 0 unspecified atom stereocenters. The number of ether oxygens (including phenoxy) is 2. The van der Waals surface area contributed by atoms with E-state index in [-0.39, 0.29) is 12.5 Å². The van der Waals surface area contributed by atoms with Crippen LogP contribution in [0.25, 0.3) is 11.0 Å². The number of unbranched alkanes of at least 4 members (excludes halogenated alkanes) is 2. The molecule has 194 valence electrons. The average molecular weight is 500 g/mol. The minimum absolute atomic E-state index is 0.0429. The molecule has 4 rings (SSSR count). The number of carbonyl (C=O) groups excluding carboxylic acids is 1. The van der Waals surface area contributed by atoms with Crippen LogP contribution in [0.2, 0.25) is 0 Å². The Kier molecular flexibility index (Phi) is 9.58. The van der Waals surface area contributed by atoms with Crippen LogP contribution in [0.3, 0.4) is 0 Å². The Labute approximate surface area is 219 Å². The maximum atomic E-state index is 12.0. The molecule has 0 aliphatic rings. The van der Waals surface area contributed by atoms with Crippen molar-refractivity contribution in [3.8, 4) is 11.5 Å². The van der Waals surface area contributed by atoms with E-state index in [2.05, 4.69) is 60.1 Å². The molecule has 6 heteroatoms. The molecular weight excluding hydrogens is 462 g/mol. The van der Waals surface area contributed by atoms with Gasteiger partial charge in [-0.2, -0.15) is 0 Å². The first kappa shape index (κ1) is 26.3. The molecule has 0 aliphatic heterocycles. The Bertz CT molecular complexity index is 1260. The third-order valence-electron chi connectivity index (χ3n) is 6.24. The first-order valence-electron chi connectivity index (χ1n) is 13.2. The summed E-state index contributed by atoms with van der Waals surface area (Å²) in [7, 11) is 0. The number of hydrogen-bond acceptors (Lipinski definition) is 4. The van der Waals surface area contributed by atoms with Gasteiger partial charge in [0.15, 0.2) is 6.61 Å². The number of benzene rings is 3. The van der Waals surface area contributed by atoms with Gasteiger partial charge in [0, 0.05) is 19.5 Å². The summed E-state index contributed by atoms with van der Waals surface area (Å²) < 4.78 is 13.9. The van der Waals surface area contributed by atoms with Gasteiger partial charge >= 0.3 is 0 Å². The van der Waals surface area contributed by atoms with E-state index in [1.165, 1.54) is 16.6 Å². The zero-order valence-electron chi connectivity index (χ0n) is 21.9. The molecule has 0 fully saturated rings. The molecule has 1 heterocycles. The Morgan fingerprint density at radius 3 is 2.41 bits per heavy atom. The van der Waals surface area contributed by atoms with E-state index in [0.29, 0.717) is 18.9 Å². The average Bonchev–Trinajstić information content (AvgIpc) is 3.24. The lowest BCUT2D eigenvalue weighted by Gasteiger charge is -2.11. The highest BCUT2D eigenvalue weighted by atomic mass is 16.5. The summed E-state index contributed by atoms with van der Waals surface area (Å²) in [6, 6.07) is 24.1. The van der Waals surface area contributed by atoms with Crippen molar-refractivity contribution in [3.63, 3.8) is 0 Å². The van der Waals surface area contributed by atoms with Gasteiger partial charge in [-0.15, -0.1) is 0 Å². The van der Waals surface area contributed by atoms with Crippen LogP contribution < -0.4 is 14.8 Å². The van der Waals surface area contributed by atoms with Crippen LogP contribution in [0.5, 0.6) is 11.5 Å². The molecule has 1 amide bonds. The molecule has 0 atom stereocenters. The summed E-state index contributed by atoms with van der Waals surface area (Å²) in [5.41, 5.74) is 4.66. The number of aromatic nitrogens is 2. The smallest absolute Gasteiger partial charge is 0.257 e. The largest absolute Gasteiger partial charge is 0.494 e. The molecule has 37 heavy (non-hydrogen) atoms. The summed E-state index contributed by atoms with van der Waals surface area (Å²) >= 11 is 0. The zero-order valence-corrected chi connectivity index (χ0v) is 21.9. The van der Waals surface area contributed by atoms with E-state index in [9.17, 15) is 4.79 Å². The highest BCUT2D eigenvalue weighted by Crippen LogP contribution is 2.20. The molecular formula is C31H37N3O3. The van der Waals surface area contributed by atoms with Gasteiger partial charge in [0.05, 0.1) is 17.6 Å². The van der Waals surface area contributed by atoms with E-state index in [1.54, 1.807) is 0 Å². The van der Waals surface area contributed by atoms with Crippen LogP contribution in [0.1, 0.15) is 42.6 Å². The lowest BCUT2D eigenvalue weighted by molar-refractivity contribution is -0.123. The molecule has 4 aromatic rings. The minimum atomic E-state index is -0.0892. The second-order valence-electron chi connectivity index (χ2n) is 9.46. The molecule has 0 radical (unpaired) electrons. The maximum Gasteiger partial charge on any atom is 0.257 e. The number of imidazole rings is 1. The fraction of sp³-hybridized carbons (Fsp3) is 0.355. The molecule has 1 N–H and O–H groups in total. The second kappa shape index (κ2) is 13.5. The third-order valence-corrected chi connectivity index (χ3v) is 6.24. The quantitative estimate of drug-likeness (QED) is 0.215. The lowest BCUT2D eigenvalue weighted by atomic mass is 10.1. The molecule has 6 nitrogen and oxygen atoms in total. The summed E-state index contributed by atoms with van der Waals surface area (Å²) in [5.74, 6) is 2.67. The molecule has 0 saturated heterocycles. The van der Waals surface area contributed by atoms with Crippen LogP contribution in [-0.4, -0.2) is 35.2 Å². The molecule has 0 aliphatic carbocycles. The Morgan fingerprint density at radius 2 is 1.59 bits per heavy atom. The standard InChI is InChI=1S/C31H37N3O3/c1-24-20-25(2)22-27(21-24)36-19-11-18-34-29-15-9-8-14-28(29)33-30(34)16-7-4-10-17-32-31(35)23-37-26-12-5-3-6-13-26/h3,5-6,8-9,12-15,20-22H,4,7,10-11,16-19,23H2,1-2H3,(H,32,35). The van der Waals surface area contributed by atoms with Gasteiger partial charge in [0.1, 0.15) is 17.3 Å². The van der Waals surface area contributed by atoms with Gasteiger partial charge in [-0.05, 0) is 80.6 Å². The van der Waals surface area contributed by atoms with Crippen molar-refractivity contribution in [1.29, 1.82) is 0 Å². The molecule has 1 aromatic heterocycles. The normalized spacial score (nSPS) is 11.0. The van der Waals surface area contributed by atoms with Gasteiger partial charge in [-0.3, -0.25) is 4.79 Å². The van der Waals surface area contributed by atoms with Gasteiger partial charge < -0.3 is 19.4 Å². The molecule has 0 spiro atoms. The number of nitrogens with zero attached hydrogens (tertiary/aromatic N) is 2. The van der Waals surface area contributed by atoms with E-state index < -0.39 is 0 Å². The number of carbonyl (C=O) groups is 1. The van der Waals surface area contributed by atoms with Crippen LogP contribution in [0.15, 0.2) is 72.8 Å². The summed E-state index contributed by atoms with van der Waals surface area (Å²) in [6.45, 7) is 6.43. The highest BCUT2D eigenvalue weighted by Gasteiger charge is 2.10. The molecule has 0 bridgehead atoms. The topological polar surface area (TPSA) is 65.4 Å². The Hall–Kier alpha value is -3.80. The van der Waals surface area contributed by atoms with Gasteiger partial charge in [0.2, 0.25) is 0 Å². The number of amides is 1. The number of para-hydroxylation sites is 3. The summed E-state index contributed by atoms with van der Waals surface area (Å²) in [5, 5.41) is 2.94. The first-order chi connectivity index (χ1) is 18.1. The number of aryl methyl sites for hydroxylation is 4. The van der Waals surface area contributed by atoms with E-state index >= 15 is 0 Å². The summed E-state index contributed by atoms with van der Waals surface area (Å²) in [4.78, 5) is 16.9. The number of rotatable bonds is 14. The van der Waals surface area contributed by atoms with Gasteiger partial charge in [-0.1, -0.05) is 42.8 Å². The van der Waals surface area contributed by atoms with Crippen LogP contribution >= 0.6 is 0 Å². The van der Waals surface area contributed by atoms with Gasteiger partial charge in [-0.25, -0.2) is 4.98 Å². The summed E-state index contributed by atoms with van der Waals surface area (Å²) in [6.07, 6.45) is 4.81. The Morgan fingerprint density at radius 1 is 0.838 bits per heavy atom. The fourth-order valence-corrected chi connectivity index (χ4v) is 4.52. The van der Waals surface area contributed by atoms with E-state index in [4.69, 9.17) is 14.5 Å². The first-order valence-corrected chi connectivity index (χ1v) is 13.2. The zero-order chi connectivity index (χ0) is 25.9. The van der Waals surface area contributed by atoms with E-state index in [1.807, 2.05) is 36.4 Å². The predicted molar refractivity (Wildman–Crippen MR) is 148 cm³/mol. The minimum Gasteiger partial charge on any atom is -0.494 e. The lowest BCUT2D eigenvalue weighted by Crippen LogP contribution is -2.29. The number of fused-ring (bicyclic) bond motifs is 1. The van der Waals surface area contributed by atoms with Crippen molar-refractivity contribution in [2.75, 3.05) is 19.8 Å². The van der Waals surface area contributed by atoms with Crippen LogP contribution in [0, 0.1) is 13.8 Å². The van der Waals surface area contributed by atoms with Crippen LogP contribution in [0.4, 0.5) is 0 Å². The molecule has 0 saturated carbocycles. The fourth-order valence-electron chi connectivity index (χ4n) is 4.52. The van der Waals surface area contributed by atoms with Crippen molar-refractivity contribution in [2.45, 2.75) is 52.5 Å². The van der Waals surface area contributed by atoms with Crippen molar-refractivity contribution in [1.82, 2.24) is 14.9 Å². The third kappa shape index (κ3) is 8.10. The van der Waals surface area contributed by atoms with Crippen molar-refractivity contribution < 1.29 is 14.3 Å². The van der Waals surface area contributed by atoms with Crippen molar-refractivity contribution >= 4 is 16.9 Å². The maximum absolute atomic E-state index is 12.0. The van der Waals surface area contributed by atoms with Crippen molar-refractivity contribution in [2.24, 2.45) is 0 Å². The SMILES string of the molecule is Cc1cc(C)cc(OCCCn2c(CCCCCNC(=O)COc3ccccc3)nc3ccccc32)c1. The number of nitrogens with one attached hydrogen (secondary N) is 1. The van der Waals surface area contributed by atoms with Crippen LogP contribution in [-0.2, 0) is 17.8 Å². The monoisotopic (exact) mass is 499 g/mol. The van der Waals surface area contributed by atoms with Gasteiger partial charge in [0.25, 0.3) is 5.91 Å². The highest BCUT2D eigenvalue weighted by molar-refractivity contribution is 5.77. The second-order valence-corrected chi connectivity index (χ2v) is 9.46. The van der Waals surface area contributed by atoms with E-state index in [0.717, 1.165) is 55.7 Å². The number of hydrogen-bond donors (Lipinski definition) is 1. The predicted octanol–water partition coefficient (Wildman–Crippen LogP) is 6.03.